The van der Waals surface area contributed by atoms with Gasteiger partial charge >= 0.3 is 0 Å². The van der Waals surface area contributed by atoms with E-state index in [2.05, 4.69) is 5.32 Å². The molecule has 0 fully saturated rings. The third-order valence-electron chi connectivity index (χ3n) is 1.95. The fourth-order valence-corrected chi connectivity index (χ4v) is 1.68. The summed E-state index contributed by atoms with van der Waals surface area (Å²) < 4.78 is 21.0. The zero-order valence-corrected chi connectivity index (χ0v) is 10.9. The van der Waals surface area contributed by atoms with Gasteiger partial charge in [-0.3, -0.25) is 4.21 Å². The van der Waals surface area contributed by atoms with Crippen LogP contribution in [-0.4, -0.2) is 66.9 Å². The molecule has 98 valence electrons. The number of nitrogens with one attached hydrogen (secondary N) is 1. The summed E-state index contributed by atoms with van der Waals surface area (Å²) in [5.41, 5.74) is 0. The van der Waals surface area contributed by atoms with Crippen LogP contribution in [0, 0.1) is 0 Å². The molecule has 2 N–H and O–H groups in total. The smallest absolute Gasteiger partial charge is 0.0897 e. The highest BCUT2D eigenvalue weighted by Crippen LogP contribution is 1.85. The van der Waals surface area contributed by atoms with Crippen LogP contribution in [0.15, 0.2) is 0 Å². The maximum absolute atomic E-state index is 11.1. The summed E-state index contributed by atoms with van der Waals surface area (Å²) in [6, 6.07) is 0. The van der Waals surface area contributed by atoms with Crippen LogP contribution in [0.1, 0.15) is 6.92 Å². The lowest BCUT2D eigenvalue weighted by Crippen LogP contribution is -2.33. The molecule has 0 aromatic rings. The van der Waals surface area contributed by atoms with Crippen LogP contribution >= 0.6 is 0 Å². The van der Waals surface area contributed by atoms with Crippen molar-refractivity contribution in [3.05, 3.63) is 0 Å². The van der Waals surface area contributed by atoms with E-state index in [9.17, 15) is 9.32 Å². The molecule has 2 unspecified atom stereocenters. The van der Waals surface area contributed by atoms with Gasteiger partial charge in [-0.1, -0.05) is 6.92 Å². The Kier molecular flexibility index (Phi) is 11.5. The van der Waals surface area contributed by atoms with Gasteiger partial charge in [-0.15, -0.1) is 0 Å². The van der Waals surface area contributed by atoms with Crippen molar-refractivity contribution < 1.29 is 18.8 Å². The summed E-state index contributed by atoms with van der Waals surface area (Å²) in [5.74, 6) is 1.32. The van der Waals surface area contributed by atoms with Crippen molar-refractivity contribution in [2.24, 2.45) is 0 Å². The van der Waals surface area contributed by atoms with Gasteiger partial charge in [0.05, 0.1) is 25.9 Å². The monoisotopic (exact) mass is 253 g/mol. The van der Waals surface area contributed by atoms with Gasteiger partial charge in [-0.2, -0.15) is 0 Å². The van der Waals surface area contributed by atoms with E-state index in [1.165, 1.54) is 0 Å². The van der Waals surface area contributed by atoms with Gasteiger partial charge in [0.1, 0.15) is 0 Å². The van der Waals surface area contributed by atoms with Crippen molar-refractivity contribution in [2.45, 2.75) is 13.0 Å². The van der Waals surface area contributed by atoms with Crippen molar-refractivity contribution in [1.82, 2.24) is 5.32 Å². The van der Waals surface area contributed by atoms with Crippen molar-refractivity contribution >= 4 is 10.8 Å². The minimum absolute atomic E-state index is 0.299. The fraction of sp³-hybridized carbons (Fsp3) is 1.00. The number of aliphatic hydroxyl groups excluding tert-OH is 1. The molecule has 0 amide bonds. The summed E-state index contributed by atoms with van der Waals surface area (Å²) in [5, 5.41) is 12.5. The Morgan fingerprint density at radius 1 is 1.44 bits per heavy atom. The van der Waals surface area contributed by atoms with Gasteiger partial charge < -0.3 is 19.9 Å². The van der Waals surface area contributed by atoms with Crippen molar-refractivity contribution in [1.29, 1.82) is 0 Å². The highest BCUT2D eigenvalue weighted by Gasteiger charge is 2.03. The standard InChI is InChI=1S/C10H23NO4S/c1-3-16(13)7-4-11-8-10(12)9-15-6-5-14-2/h10-12H,3-9H2,1-2H3. The van der Waals surface area contributed by atoms with Gasteiger partial charge in [0, 0.05) is 42.5 Å². The molecule has 0 aliphatic rings. The lowest BCUT2D eigenvalue weighted by Gasteiger charge is -2.11. The van der Waals surface area contributed by atoms with Gasteiger partial charge in [0.2, 0.25) is 0 Å². The topological polar surface area (TPSA) is 67.8 Å². The zero-order valence-electron chi connectivity index (χ0n) is 10.1. The maximum Gasteiger partial charge on any atom is 0.0897 e. The molecule has 2 atom stereocenters. The van der Waals surface area contributed by atoms with E-state index in [0.717, 1.165) is 0 Å². The van der Waals surface area contributed by atoms with Crippen LogP contribution in [0.3, 0.4) is 0 Å². The minimum atomic E-state index is -0.742. The first-order valence-electron chi connectivity index (χ1n) is 5.51. The average molecular weight is 253 g/mol. The van der Waals surface area contributed by atoms with Crippen LogP contribution in [0.2, 0.25) is 0 Å². The Labute approximate surface area is 100.0 Å². The van der Waals surface area contributed by atoms with Crippen LogP contribution in [0.4, 0.5) is 0 Å². The molecule has 0 aliphatic heterocycles. The van der Waals surface area contributed by atoms with E-state index in [0.29, 0.717) is 44.4 Å². The second-order valence-corrected chi connectivity index (χ2v) is 5.22. The summed E-state index contributed by atoms with van der Waals surface area (Å²) in [4.78, 5) is 0. The lowest BCUT2D eigenvalue weighted by atomic mass is 10.4. The molecular formula is C10H23NO4S. The molecule has 0 aromatic carbocycles. The van der Waals surface area contributed by atoms with Gasteiger partial charge in [-0.05, 0) is 0 Å². The van der Waals surface area contributed by atoms with Crippen molar-refractivity contribution in [3.63, 3.8) is 0 Å². The van der Waals surface area contributed by atoms with Gasteiger partial charge in [0.25, 0.3) is 0 Å². The average Bonchev–Trinajstić information content (AvgIpc) is 2.30. The molecule has 5 nitrogen and oxygen atoms in total. The second-order valence-electron chi connectivity index (χ2n) is 3.36. The number of hydrogen-bond acceptors (Lipinski definition) is 5. The Hall–Kier alpha value is -0.0100. The first-order valence-corrected chi connectivity index (χ1v) is 7.00. The number of aliphatic hydroxyl groups is 1. The van der Waals surface area contributed by atoms with E-state index >= 15 is 0 Å². The molecule has 0 rings (SSSR count). The third kappa shape index (κ3) is 10.5. The fourth-order valence-electron chi connectivity index (χ4n) is 1.02. The number of rotatable bonds is 11. The minimum Gasteiger partial charge on any atom is -0.389 e. The van der Waals surface area contributed by atoms with Crippen LogP contribution in [-0.2, 0) is 20.3 Å². The number of hydrogen-bond donors (Lipinski definition) is 2. The van der Waals surface area contributed by atoms with E-state index in [1.54, 1.807) is 7.11 Å². The molecule has 0 heterocycles. The molecule has 0 saturated heterocycles. The van der Waals surface area contributed by atoms with Crippen molar-refractivity contribution in [3.8, 4) is 0 Å². The van der Waals surface area contributed by atoms with E-state index < -0.39 is 16.9 Å². The highest BCUT2D eigenvalue weighted by molar-refractivity contribution is 7.84. The molecule has 0 saturated carbocycles. The third-order valence-corrected chi connectivity index (χ3v) is 3.25. The SMILES string of the molecule is CCS(=O)CCNCC(O)COCCOC. The highest BCUT2D eigenvalue weighted by atomic mass is 32.2. The molecule has 0 radical (unpaired) electrons. The van der Waals surface area contributed by atoms with Gasteiger partial charge in [-0.25, -0.2) is 0 Å². The quantitative estimate of drug-likeness (QED) is 0.480. The number of ether oxygens (including phenoxy) is 2. The first-order chi connectivity index (χ1) is 7.70. The van der Waals surface area contributed by atoms with Crippen LogP contribution < -0.4 is 5.32 Å². The molecule has 0 aromatic heterocycles. The Balaban J connectivity index is 3.23. The molecular weight excluding hydrogens is 230 g/mol. The Morgan fingerprint density at radius 3 is 2.81 bits per heavy atom. The predicted octanol–water partition coefficient (Wildman–Crippen LogP) is -0.631. The Bertz CT molecular complexity index is 180. The van der Waals surface area contributed by atoms with E-state index in [4.69, 9.17) is 9.47 Å². The first kappa shape index (κ1) is 16.0. The van der Waals surface area contributed by atoms with Crippen LogP contribution in [0.5, 0.6) is 0 Å². The predicted molar refractivity (Wildman–Crippen MR) is 65.1 cm³/mol. The molecule has 0 spiro atoms. The maximum atomic E-state index is 11.1. The molecule has 0 bridgehead atoms. The summed E-state index contributed by atoms with van der Waals surface area (Å²) >= 11 is 0. The number of methoxy groups -OCH3 is 1. The summed E-state index contributed by atoms with van der Waals surface area (Å²) in [6.07, 6.45) is -0.521. The normalized spacial score (nSPS) is 14.9. The van der Waals surface area contributed by atoms with E-state index in [-0.39, 0.29) is 0 Å². The summed E-state index contributed by atoms with van der Waals surface area (Å²) in [7, 11) is 0.865. The molecule has 6 heteroatoms. The largest absolute Gasteiger partial charge is 0.389 e. The van der Waals surface area contributed by atoms with Gasteiger partial charge in [0.15, 0.2) is 0 Å². The molecule has 0 aliphatic carbocycles. The lowest BCUT2D eigenvalue weighted by molar-refractivity contribution is 0.0140. The van der Waals surface area contributed by atoms with Crippen LogP contribution in [0.25, 0.3) is 0 Å². The molecule has 16 heavy (non-hydrogen) atoms. The van der Waals surface area contributed by atoms with E-state index in [1.807, 2.05) is 6.92 Å². The zero-order chi connectivity index (χ0) is 12.2. The second kappa shape index (κ2) is 11.5. The Morgan fingerprint density at radius 2 is 2.19 bits per heavy atom. The summed E-state index contributed by atoms with van der Waals surface area (Å²) in [6.45, 7) is 4.36. The van der Waals surface area contributed by atoms with Crippen molar-refractivity contribution in [2.75, 3.05) is 51.5 Å².